The average molecular weight is 460 g/mol. The normalized spacial score (nSPS) is 15.5. The molecule has 5 rings (SSSR count). The van der Waals surface area contributed by atoms with E-state index in [1.54, 1.807) is 24.4 Å². The summed E-state index contributed by atoms with van der Waals surface area (Å²) in [7, 11) is 2.10. The summed E-state index contributed by atoms with van der Waals surface area (Å²) in [6, 6.07) is 13.7. The lowest BCUT2D eigenvalue weighted by Crippen LogP contribution is -2.45. The van der Waals surface area contributed by atoms with Crippen LogP contribution in [0.5, 0.6) is 11.5 Å². The van der Waals surface area contributed by atoms with E-state index in [1.807, 2.05) is 18.5 Å². The zero-order valence-electron chi connectivity index (χ0n) is 19.3. The Morgan fingerprint density at radius 3 is 2.59 bits per heavy atom. The molecule has 1 fully saturated rings. The zero-order chi connectivity index (χ0) is 23.3. The van der Waals surface area contributed by atoms with Crippen LogP contribution in [-0.4, -0.2) is 53.7 Å². The van der Waals surface area contributed by atoms with E-state index in [4.69, 9.17) is 14.5 Å². The predicted octanol–water partition coefficient (Wildman–Crippen LogP) is 3.24. The first-order valence-corrected chi connectivity index (χ1v) is 11.6. The maximum absolute atomic E-state index is 12.7. The highest BCUT2D eigenvalue weighted by atomic mass is 16.7. The van der Waals surface area contributed by atoms with Crippen molar-refractivity contribution in [3.63, 3.8) is 0 Å². The zero-order valence-corrected chi connectivity index (χ0v) is 19.3. The number of hydrogen-bond donors (Lipinski definition) is 1. The molecule has 0 atom stereocenters. The molecule has 2 aromatic heterocycles. The van der Waals surface area contributed by atoms with E-state index in [1.165, 1.54) is 11.1 Å². The number of benzene rings is 1. The molecule has 0 bridgehead atoms. The van der Waals surface area contributed by atoms with Crippen LogP contribution in [0, 0.1) is 0 Å². The van der Waals surface area contributed by atoms with Crippen LogP contribution in [-0.2, 0) is 13.1 Å². The third-order valence-electron chi connectivity index (χ3n) is 6.23. The Balaban J connectivity index is 1.10. The molecule has 1 aromatic carbocycles. The average Bonchev–Trinajstić information content (AvgIpc) is 3.34. The predicted molar refractivity (Wildman–Crippen MR) is 129 cm³/mol. The molecule has 2 aliphatic rings. The number of hydrogen-bond acceptors (Lipinski definition) is 7. The van der Waals surface area contributed by atoms with Crippen molar-refractivity contribution < 1.29 is 14.3 Å². The lowest BCUT2D eigenvalue weighted by Gasteiger charge is -2.33. The van der Waals surface area contributed by atoms with E-state index >= 15 is 0 Å². The number of amides is 1. The highest BCUT2D eigenvalue weighted by Gasteiger charge is 2.23. The van der Waals surface area contributed by atoms with Gasteiger partial charge in [0.15, 0.2) is 11.5 Å². The van der Waals surface area contributed by atoms with E-state index in [-0.39, 0.29) is 18.7 Å². The molecule has 2 aliphatic heterocycles. The summed E-state index contributed by atoms with van der Waals surface area (Å²) in [5.41, 5.74) is 2.97. The van der Waals surface area contributed by atoms with Gasteiger partial charge in [-0.15, -0.1) is 0 Å². The van der Waals surface area contributed by atoms with Crippen LogP contribution in [0.25, 0.3) is 0 Å². The number of anilines is 1. The maximum Gasteiger partial charge on any atom is 0.251 e. The van der Waals surface area contributed by atoms with Crippen molar-refractivity contribution in [3.05, 3.63) is 77.7 Å². The molecule has 1 saturated heterocycles. The monoisotopic (exact) mass is 459 g/mol. The molecule has 1 amide bonds. The summed E-state index contributed by atoms with van der Waals surface area (Å²) in [4.78, 5) is 26.1. The fraction of sp³-hybridized carbons (Fsp3) is 0.346. The van der Waals surface area contributed by atoms with Crippen molar-refractivity contribution in [1.82, 2.24) is 20.2 Å². The molecule has 3 aromatic rings. The quantitative estimate of drug-likeness (QED) is 0.581. The van der Waals surface area contributed by atoms with Gasteiger partial charge in [0.05, 0.1) is 0 Å². The third-order valence-corrected chi connectivity index (χ3v) is 6.23. The molecule has 4 heterocycles. The fourth-order valence-corrected chi connectivity index (χ4v) is 4.43. The number of carbonyl (C=O) groups is 1. The third kappa shape index (κ3) is 5.28. The van der Waals surface area contributed by atoms with Crippen molar-refractivity contribution >= 4 is 11.7 Å². The molecule has 0 spiro atoms. The van der Waals surface area contributed by atoms with Gasteiger partial charge < -0.3 is 19.7 Å². The molecule has 8 nitrogen and oxygen atoms in total. The van der Waals surface area contributed by atoms with Crippen molar-refractivity contribution in [1.29, 1.82) is 0 Å². The lowest BCUT2D eigenvalue weighted by atomic mass is 10.0. The van der Waals surface area contributed by atoms with Crippen LogP contribution in [0.4, 0.5) is 5.82 Å². The van der Waals surface area contributed by atoms with Crippen LogP contribution in [0.2, 0.25) is 0 Å². The summed E-state index contributed by atoms with van der Waals surface area (Å²) >= 11 is 0. The lowest BCUT2D eigenvalue weighted by molar-refractivity contribution is 0.0930. The molecule has 0 aliphatic carbocycles. The standard InChI is InChI=1S/C26H29N5O3/c1-30(16-19-3-2-10-27-14-19)17-20-4-7-25(28-15-20)31-11-8-22(9-12-31)29-26(32)21-5-6-23-24(13-21)34-18-33-23/h2-7,10,13-15,22H,8-9,11-12,16-18H2,1H3,(H,29,32). The minimum absolute atomic E-state index is 0.0744. The largest absolute Gasteiger partial charge is 0.454 e. The number of nitrogens with one attached hydrogen (secondary N) is 1. The first kappa shape index (κ1) is 22.2. The van der Waals surface area contributed by atoms with Gasteiger partial charge in [0.25, 0.3) is 5.91 Å². The summed E-state index contributed by atoms with van der Waals surface area (Å²) in [5, 5.41) is 3.16. The summed E-state index contributed by atoms with van der Waals surface area (Å²) < 4.78 is 10.7. The highest BCUT2D eigenvalue weighted by Crippen LogP contribution is 2.32. The van der Waals surface area contributed by atoms with Crippen LogP contribution in [0.15, 0.2) is 61.1 Å². The van der Waals surface area contributed by atoms with Gasteiger partial charge in [0.2, 0.25) is 6.79 Å². The smallest absolute Gasteiger partial charge is 0.251 e. The van der Waals surface area contributed by atoms with Gasteiger partial charge in [-0.25, -0.2) is 4.98 Å². The molecule has 0 unspecified atom stereocenters. The van der Waals surface area contributed by atoms with Crippen molar-refractivity contribution in [2.24, 2.45) is 0 Å². The summed E-state index contributed by atoms with van der Waals surface area (Å²) in [5.74, 6) is 2.22. The minimum atomic E-state index is -0.0744. The Bertz CT molecular complexity index is 1120. The van der Waals surface area contributed by atoms with E-state index < -0.39 is 0 Å². The number of nitrogens with zero attached hydrogens (tertiary/aromatic N) is 4. The fourth-order valence-electron chi connectivity index (χ4n) is 4.43. The summed E-state index contributed by atoms with van der Waals surface area (Å²) in [6.45, 7) is 3.60. The van der Waals surface area contributed by atoms with E-state index in [0.717, 1.165) is 44.8 Å². The van der Waals surface area contributed by atoms with Gasteiger partial charge in [-0.2, -0.15) is 0 Å². The van der Waals surface area contributed by atoms with Crippen molar-refractivity contribution in [2.45, 2.75) is 32.0 Å². The topological polar surface area (TPSA) is 79.8 Å². The Hall–Kier alpha value is -3.65. The molecule has 1 N–H and O–H groups in total. The second-order valence-electron chi connectivity index (χ2n) is 8.86. The number of fused-ring (bicyclic) bond motifs is 1. The Labute approximate surface area is 199 Å². The first-order chi connectivity index (χ1) is 16.6. The highest BCUT2D eigenvalue weighted by molar-refractivity contribution is 5.95. The van der Waals surface area contributed by atoms with Crippen LogP contribution in [0.1, 0.15) is 34.3 Å². The minimum Gasteiger partial charge on any atom is -0.454 e. The van der Waals surface area contributed by atoms with Crippen LogP contribution >= 0.6 is 0 Å². The number of carbonyl (C=O) groups excluding carboxylic acids is 1. The maximum atomic E-state index is 12.7. The van der Waals surface area contributed by atoms with Gasteiger partial charge in [-0.3, -0.25) is 14.7 Å². The van der Waals surface area contributed by atoms with Gasteiger partial charge in [0, 0.05) is 56.4 Å². The molecule has 0 saturated carbocycles. The van der Waals surface area contributed by atoms with Gasteiger partial charge in [0.1, 0.15) is 5.82 Å². The number of rotatable bonds is 7. The van der Waals surface area contributed by atoms with Crippen molar-refractivity contribution in [2.75, 3.05) is 31.8 Å². The Morgan fingerprint density at radius 2 is 1.85 bits per heavy atom. The number of piperidine rings is 1. The second kappa shape index (κ2) is 10.1. The SMILES string of the molecule is CN(Cc1cccnc1)Cc1ccc(N2CCC(NC(=O)c3ccc4c(c3)OCO4)CC2)nc1. The van der Waals surface area contributed by atoms with Gasteiger partial charge in [-0.1, -0.05) is 12.1 Å². The first-order valence-electron chi connectivity index (χ1n) is 11.6. The van der Waals surface area contributed by atoms with E-state index in [2.05, 4.69) is 45.3 Å². The van der Waals surface area contributed by atoms with Gasteiger partial charge >= 0.3 is 0 Å². The number of pyridine rings is 2. The molecular formula is C26H29N5O3. The Morgan fingerprint density at radius 1 is 1.06 bits per heavy atom. The molecule has 8 heteroatoms. The van der Waals surface area contributed by atoms with E-state index in [0.29, 0.717) is 17.1 Å². The van der Waals surface area contributed by atoms with E-state index in [9.17, 15) is 4.79 Å². The number of ether oxygens (including phenoxy) is 2. The molecule has 0 radical (unpaired) electrons. The molecule has 34 heavy (non-hydrogen) atoms. The molecule has 176 valence electrons. The number of aromatic nitrogens is 2. The molecular weight excluding hydrogens is 430 g/mol. The van der Waals surface area contributed by atoms with Gasteiger partial charge in [-0.05, 0) is 61.3 Å². The Kier molecular flexibility index (Phi) is 6.58. The summed E-state index contributed by atoms with van der Waals surface area (Å²) in [6.07, 6.45) is 7.42. The van der Waals surface area contributed by atoms with Crippen LogP contribution in [0.3, 0.4) is 0 Å². The van der Waals surface area contributed by atoms with Crippen LogP contribution < -0.4 is 19.7 Å². The second-order valence-corrected chi connectivity index (χ2v) is 8.86. The van der Waals surface area contributed by atoms with Crippen molar-refractivity contribution in [3.8, 4) is 11.5 Å².